The van der Waals surface area contributed by atoms with Crippen LogP contribution in [0.1, 0.15) is 34.4 Å². The lowest BCUT2D eigenvalue weighted by Gasteiger charge is -2.11. The zero-order valence-electron chi connectivity index (χ0n) is 13.2. The van der Waals surface area contributed by atoms with Gasteiger partial charge in [-0.05, 0) is 68.1 Å². The zero-order chi connectivity index (χ0) is 15.1. The summed E-state index contributed by atoms with van der Waals surface area (Å²) in [6.07, 6.45) is 2.68. The summed E-state index contributed by atoms with van der Waals surface area (Å²) in [5, 5.41) is 3.48. The maximum absolute atomic E-state index is 5.56. The summed E-state index contributed by atoms with van der Waals surface area (Å²) in [5.74, 6) is 0.883. The number of hydrogen-bond acceptors (Lipinski definition) is 3. The molecule has 3 heteroatoms. The molecule has 2 rings (SSSR count). The Bertz CT molecular complexity index is 547. The van der Waals surface area contributed by atoms with E-state index in [0.29, 0.717) is 6.61 Å². The minimum atomic E-state index is 0.559. The molecule has 0 aliphatic carbocycles. The van der Waals surface area contributed by atoms with Gasteiger partial charge in [0.2, 0.25) is 0 Å². The van der Waals surface area contributed by atoms with Crippen molar-refractivity contribution < 1.29 is 9.15 Å². The Kier molecular flexibility index (Phi) is 6.03. The van der Waals surface area contributed by atoms with E-state index in [9.17, 15) is 0 Å². The second-order valence-electron chi connectivity index (χ2n) is 5.53. The van der Waals surface area contributed by atoms with E-state index in [4.69, 9.17) is 9.15 Å². The van der Waals surface area contributed by atoms with Crippen LogP contribution in [-0.4, -0.2) is 13.2 Å². The molecule has 1 heterocycles. The quantitative estimate of drug-likeness (QED) is 0.748. The van der Waals surface area contributed by atoms with Crippen LogP contribution in [0.2, 0.25) is 0 Å². The van der Waals surface area contributed by atoms with Crippen molar-refractivity contribution in [3.05, 3.63) is 58.5 Å². The third-order valence-corrected chi connectivity index (χ3v) is 3.73. The predicted octanol–water partition coefficient (Wildman–Crippen LogP) is 3.90. The van der Waals surface area contributed by atoms with Crippen molar-refractivity contribution in [3.8, 4) is 0 Å². The molecule has 0 saturated heterocycles. The van der Waals surface area contributed by atoms with Gasteiger partial charge in [0.1, 0.15) is 12.4 Å². The van der Waals surface area contributed by atoms with Crippen LogP contribution < -0.4 is 5.32 Å². The molecule has 0 atom stereocenters. The summed E-state index contributed by atoms with van der Waals surface area (Å²) in [7, 11) is 0. The summed E-state index contributed by atoms with van der Waals surface area (Å²) >= 11 is 0. The van der Waals surface area contributed by atoms with Crippen LogP contribution in [0.3, 0.4) is 0 Å². The number of hydrogen-bond donors (Lipinski definition) is 1. The van der Waals surface area contributed by atoms with E-state index in [1.54, 1.807) is 6.26 Å². The lowest BCUT2D eigenvalue weighted by Crippen LogP contribution is -2.17. The van der Waals surface area contributed by atoms with Gasteiger partial charge in [-0.2, -0.15) is 0 Å². The van der Waals surface area contributed by atoms with Gasteiger partial charge in [0, 0.05) is 13.2 Å². The standard InChI is InChI=1S/C18H25NO2/c1-14-10-16(3)17(11-15(14)2)12-19-7-5-8-20-13-18-6-4-9-21-18/h4,6,9-11,19H,5,7-8,12-13H2,1-3H3. The Morgan fingerprint density at radius 1 is 1.10 bits per heavy atom. The lowest BCUT2D eigenvalue weighted by molar-refractivity contribution is 0.104. The highest BCUT2D eigenvalue weighted by Crippen LogP contribution is 2.15. The van der Waals surface area contributed by atoms with Gasteiger partial charge in [-0.3, -0.25) is 0 Å². The molecule has 0 fully saturated rings. The van der Waals surface area contributed by atoms with E-state index in [2.05, 4.69) is 38.2 Å². The third kappa shape index (κ3) is 5.03. The van der Waals surface area contributed by atoms with Crippen molar-refractivity contribution in [1.29, 1.82) is 0 Å². The maximum atomic E-state index is 5.56. The number of ether oxygens (including phenoxy) is 1. The van der Waals surface area contributed by atoms with Crippen LogP contribution in [0.25, 0.3) is 0 Å². The van der Waals surface area contributed by atoms with Crippen molar-refractivity contribution in [2.45, 2.75) is 40.3 Å². The molecule has 1 aromatic heterocycles. The Morgan fingerprint density at radius 3 is 2.67 bits per heavy atom. The Balaban J connectivity index is 1.60. The Morgan fingerprint density at radius 2 is 1.90 bits per heavy atom. The fourth-order valence-corrected chi connectivity index (χ4v) is 2.30. The van der Waals surface area contributed by atoms with E-state index in [-0.39, 0.29) is 0 Å². The number of furan rings is 1. The van der Waals surface area contributed by atoms with Gasteiger partial charge in [0.25, 0.3) is 0 Å². The van der Waals surface area contributed by atoms with Gasteiger partial charge in [0.15, 0.2) is 0 Å². The molecule has 0 unspecified atom stereocenters. The normalized spacial score (nSPS) is 11.0. The topological polar surface area (TPSA) is 34.4 Å². The summed E-state index contributed by atoms with van der Waals surface area (Å²) in [6, 6.07) is 8.36. The van der Waals surface area contributed by atoms with Crippen LogP contribution in [0.15, 0.2) is 34.9 Å². The molecule has 0 bridgehead atoms. The first-order valence-electron chi connectivity index (χ1n) is 7.54. The molecular formula is C18H25NO2. The first-order valence-corrected chi connectivity index (χ1v) is 7.54. The minimum absolute atomic E-state index is 0.559. The van der Waals surface area contributed by atoms with Crippen molar-refractivity contribution in [3.63, 3.8) is 0 Å². The second kappa shape index (κ2) is 8.01. The number of nitrogens with one attached hydrogen (secondary N) is 1. The van der Waals surface area contributed by atoms with E-state index in [1.165, 1.54) is 22.3 Å². The Labute approximate surface area is 127 Å². The molecule has 0 amide bonds. The SMILES string of the molecule is Cc1cc(C)c(CNCCCOCc2ccco2)cc1C. The minimum Gasteiger partial charge on any atom is -0.467 e. The summed E-state index contributed by atoms with van der Waals surface area (Å²) in [6.45, 7) is 9.70. The highest BCUT2D eigenvalue weighted by atomic mass is 16.5. The van der Waals surface area contributed by atoms with Crippen molar-refractivity contribution in [1.82, 2.24) is 5.32 Å². The molecule has 1 aromatic carbocycles. The number of benzene rings is 1. The fraction of sp³-hybridized carbons (Fsp3) is 0.444. The number of aryl methyl sites for hydroxylation is 3. The van der Waals surface area contributed by atoms with Crippen LogP contribution in [0.5, 0.6) is 0 Å². The van der Waals surface area contributed by atoms with Crippen LogP contribution in [-0.2, 0) is 17.9 Å². The average Bonchev–Trinajstić information content (AvgIpc) is 2.96. The molecule has 0 aliphatic rings. The molecule has 114 valence electrons. The van der Waals surface area contributed by atoms with Crippen LogP contribution in [0, 0.1) is 20.8 Å². The van der Waals surface area contributed by atoms with Gasteiger partial charge in [-0.25, -0.2) is 0 Å². The maximum Gasteiger partial charge on any atom is 0.129 e. The first kappa shape index (κ1) is 15.8. The van der Waals surface area contributed by atoms with E-state index < -0.39 is 0 Å². The molecule has 2 aromatic rings. The molecular weight excluding hydrogens is 262 g/mol. The third-order valence-electron chi connectivity index (χ3n) is 3.73. The average molecular weight is 287 g/mol. The van der Waals surface area contributed by atoms with Crippen LogP contribution in [0.4, 0.5) is 0 Å². The predicted molar refractivity (Wildman–Crippen MR) is 85.3 cm³/mol. The largest absolute Gasteiger partial charge is 0.467 e. The van der Waals surface area contributed by atoms with Gasteiger partial charge >= 0.3 is 0 Å². The lowest BCUT2D eigenvalue weighted by atomic mass is 10.0. The first-order chi connectivity index (χ1) is 10.2. The van der Waals surface area contributed by atoms with E-state index in [1.807, 2.05) is 12.1 Å². The van der Waals surface area contributed by atoms with Gasteiger partial charge in [0.05, 0.1) is 6.26 Å². The fourth-order valence-electron chi connectivity index (χ4n) is 2.30. The molecule has 21 heavy (non-hydrogen) atoms. The monoisotopic (exact) mass is 287 g/mol. The van der Waals surface area contributed by atoms with Crippen molar-refractivity contribution in [2.24, 2.45) is 0 Å². The van der Waals surface area contributed by atoms with Crippen LogP contribution >= 0.6 is 0 Å². The van der Waals surface area contributed by atoms with E-state index >= 15 is 0 Å². The highest BCUT2D eigenvalue weighted by molar-refractivity contribution is 5.36. The molecule has 0 aliphatic heterocycles. The molecule has 0 spiro atoms. The highest BCUT2D eigenvalue weighted by Gasteiger charge is 2.01. The molecule has 0 saturated carbocycles. The van der Waals surface area contributed by atoms with Gasteiger partial charge in [-0.15, -0.1) is 0 Å². The zero-order valence-corrected chi connectivity index (χ0v) is 13.2. The van der Waals surface area contributed by atoms with E-state index in [0.717, 1.165) is 31.9 Å². The molecule has 1 N–H and O–H groups in total. The second-order valence-corrected chi connectivity index (χ2v) is 5.53. The summed E-state index contributed by atoms with van der Waals surface area (Å²) < 4.78 is 10.8. The Hall–Kier alpha value is -1.58. The molecule has 0 radical (unpaired) electrons. The van der Waals surface area contributed by atoms with Gasteiger partial charge in [-0.1, -0.05) is 12.1 Å². The number of rotatable bonds is 8. The summed E-state index contributed by atoms with van der Waals surface area (Å²) in [4.78, 5) is 0. The van der Waals surface area contributed by atoms with Gasteiger partial charge < -0.3 is 14.5 Å². The van der Waals surface area contributed by atoms with Crippen molar-refractivity contribution >= 4 is 0 Å². The smallest absolute Gasteiger partial charge is 0.129 e. The van der Waals surface area contributed by atoms with Crippen molar-refractivity contribution in [2.75, 3.05) is 13.2 Å². The summed E-state index contributed by atoms with van der Waals surface area (Å²) in [5.41, 5.74) is 5.47. The molecule has 3 nitrogen and oxygen atoms in total.